The number of nitrogens with one attached hydrogen (secondary N) is 1. The number of hydrogen-bond donors (Lipinski definition) is 1. The zero-order chi connectivity index (χ0) is 18.4. The SMILES string of the molecule is CC(=O)OC(C)C(=O)NC1CCC(Cc2ccccc2)(N(C)C)CC1. The molecule has 25 heavy (non-hydrogen) atoms. The van der Waals surface area contributed by atoms with Gasteiger partial charge in [0.05, 0.1) is 0 Å². The number of benzene rings is 1. The predicted molar refractivity (Wildman–Crippen MR) is 98.2 cm³/mol. The predicted octanol–water partition coefficient (Wildman–Crippen LogP) is 2.54. The molecule has 1 amide bonds. The van der Waals surface area contributed by atoms with Crippen molar-refractivity contribution in [2.24, 2.45) is 0 Å². The molecule has 1 N–H and O–H groups in total. The molecule has 1 aliphatic rings. The average Bonchev–Trinajstić information content (AvgIpc) is 2.57. The maximum absolute atomic E-state index is 12.1. The molecule has 0 saturated heterocycles. The molecule has 5 nitrogen and oxygen atoms in total. The molecule has 0 bridgehead atoms. The minimum absolute atomic E-state index is 0.129. The van der Waals surface area contributed by atoms with Gasteiger partial charge >= 0.3 is 5.97 Å². The highest BCUT2D eigenvalue weighted by Gasteiger charge is 2.38. The van der Waals surface area contributed by atoms with E-state index in [1.165, 1.54) is 12.5 Å². The van der Waals surface area contributed by atoms with E-state index in [9.17, 15) is 9.59 Å². The maximum atomic E-state index is 12.1. The number of carbonyl (C=O) groups is 2. The summed E-state index contributed by atoms with van der Waals surface area (Å²) >= 11 is 0. The van der Waals surface area contributed by atoms with E-state index in [2.05, 4.69) is 48.6 Å². The zero-order valence-corrected chi connectivity index (χ0v) is 15.7. The molecule has 138 valence electrons. The third-order valence-corrected chi connectivity index (χ3v) is 5.30. The van der Waals surface area contributed by atoms with E-state index in [0.29, 0.717) is 0 Å². The second kappa shape index (κ2) is 8.48. The Kier molecular flexibility index (Phi) is 6.59. The molecule has 0 heterocycles. The van der Waals surface area contributed by atoms with Crippen LogP contribution in [0.3, 0.4) is 0 Å². The van der Waals surface area contributed by atoms with Gasteiger partial charge < -0.3 is 15.0 Å². The van der Waals surface area contributed by atoms with Crippen LogP contribution in [0.4, 0.5) is 0 Å². The lowest BCUT2D eigenvalue weighted by atomic mass is 9.75. The molecule has 1 atom stereocenters. The maximum Gasteiger partial charge on any atom is 0.303 e. The molecule has 0 aromatic heterocycles. The highest BCUT2D eigenvalue weighted by atomic mass is 16.5. The molecule has 1 aliphatic carbocycles. The number of likely N-dealkylation sites (N-methyl/N-ethyl adjacent to an activating group) is 1. The Morgan fingerprint density at radius 2 is 1.84 bits per heavy atom. The number of carbonyl (C=O) groups excluding carboxylic acids is 2. The Morgan fingerprint density at radius 3 is 2.36 bits per heavy atom. The molecule has 1 unspecified atom stereocenters. The fourth-order valence-electron chi connectivity index (χ4n) is 3.68. The molecule has 1 fully saturated rings. The topological polar surface area (TPSA) is 58.6 Å². The van der Waals surface area contributed by atoms with E-state index in [-0.39, 0.29) is 17.5 Å². The quantitative estimate of drug-likeness (QED) is 0.804. The second-order valence-electron chi connectivity index (χ2n) is 7.32. The minimum Gasteiger partial charge on any atom is -0.453 e. The molecule has 1 saturated carbocycles. The number of rotatable bonds is 6. The fourth-order valence-corrected chi connectivity index (χ4v) is 3.68. The standard InChI is InChI=1S/C20H30N2O3/c1-15(25-16(2)23)19(24)21-18-10-12-20(13-11-18,22(3)4)14-17-8-6-5-7-9-17/h5-9,15,18H,10-14H2,1-4H3,(H,21,24). The van der Waals surface area contributed by atoms with Gasteiger partial charge in [0, 0.05) is 18.5 Å². The lowest BCUT2D eigenvalue weighted by molar-refractivity contribution is -0.153. The van der Waals surface area contributed by atoms with Gasteiger partial charge in [-0.05, 0) is 58.7 Å². The van der Waals surface area contributed by atoms with E-state index in [0.717, 1.165) is 32.1 Å². The number of hydrogen-bond acceptors (Lipinski definition) is 4. The number of ether oxygens (including phenoxy) is 1. The highest BCUT2D eigenvalue weighted by Crippen LogP contribution is 2.35. The smallest absolute Gasteiger partial charge is 0.303 e. The lowest BCUT2D eigenvalue weighted by Gasteiger charge is -2.45. The van der Waals surface area contributed by atoms with Crippen LogP contribution in [-0.2, 0) is 20.7 Å². The van der Waals surface area contributed by atoms with Crippen LogP contribution in [0.1, 0.15) is 45.1 Å². The van der Waals surface area contributed by atoms with Crippen molar-refractivity contribution in [1.82, 2.24) is 10.2 Å². The Morgan fingerprint density at radius 1 is 1.24 bits per heavy atom. The van der Waals surface area contributed by atoms with Crippen LogP contribution in [0.2, 0.25) is 0 Å². The van der Waals surface area contributed by atoms with E-state index < -0.39 is 12.1 Å². The first-order chi connectivity index (χ1) is 11.8. The first-order valence-electron chi connectivity index (χ1n) is 9.01. The molecule has 1 aromatic carbocycles. The van der Waals surface area contributed by atoms with Crippen LogP contribution in [0, 0.1) is 0 Å². The molecule has 0 radical (unpaired) electrons. The van der Waals surface area contributed by atoms with Crippen molar-refractivity contribution in [2.45, 2.75) is 63.6 Å². The summed E-state index contributed by atoms with van der Waals surface area (Å²) in [5.74, 6) is -0.638. The van der Waals surface area contributed by atoms with Crippen molar-refractivity contribution in [3.05, 3.63) is 35.9 Å². The minimum atomic E-state index is -0.734. The Bertz CT molecular complexity index is 578. The third-order valence-electron chi connectivity index (χ3n) is 5.30. The summed E-state index contributed by atoms with van der Waals surface area (Å²) in [6.07, 6.45) is 4.21. The van der Waals surface area contributed by atoms with Gasteiger partial charge in [-0.1, -0.05) is 30.3 Å². The average molecular weight is 346 g/mol. The molecule has 0 spiro atoms. The largest absolute Gasteiger partial charge is 0.453 e. The molecule has 5 heteroatoms. The number of amides is 1. The van der Waals surface area contributed by atoms with Crippen molar-refractivity contribution in [2.75, 3.05) is 14.1 Å². The van der Waals surface area contributed by atoms with E-state index in [1.807, 2.05) is 6.07 Å². The third kappa shape index (κ3) is 5.30. The summed E-state index contributed by atoms with van der Waals surface area (Å²) in [6, 6.07) is 10.7. The van der Waals surface area contributed by atoms with Crippen molar-refractivity contribution in [3.63, 3.8) is 0 Å². The Labute approximate surface area is 150 Å². The van der Waals surface area contributed by atoms with Crippen LogP contribution in [-0.4, -0.2) is 48.6 Å². The first-order valence-corrected chi connectivity index (χ1v) is 9.01. The van der Waals surface area contributed by atoms with Crippen molar-refractivity contribution < 1.29 is 14.3 Å². The monoisotopic (exact) mass is 346 g/mol. The van der Waals surface area contributed by atoms with Gasteiger partial charge in [-0.2, -0.15) is 0 Å². The summed E-state index contributed by atoms with van der Waals surface area (Å²) in [4.78, 5) is 25.4. The van der Waals surface area contributed by atoms with Gasteiger partial charge in [0.1, 0.15) is 0 Å². The highest BCUT2D eigenvalue weighted by molar-refractivity contribution is 5.83. The van der Waals surface area contributed by atoms with Crippen LogP contribution >= 0.6 is 0 Å². The van der Waals surface area contributed by atoms with Crippen LogP contribution < -0.4 is 5.32 Å². The summed E-state index contributed by atoms with van der Waals surface area (Å²) in [5, 5.41) is 3.03. The Balaban J connectivity index is 1.93. The molecule has 0 aliphatic heterocycles. The van der Waals surface area contributed by atoms with Crippen molar-refractivity contribution >= 4 is 11.9 Å². The van der Waals surface area contributed by atoms with E-state index in [1.54, 1.807) is 6.92 Å². The lowest BCUT2D eigenvalue weighted by Crippen LogP contribution is -2.53. The fraction of sp³-hybridized carbons (Fsp3) is 0.600. The molecular formula is C20H30N2O3. The molecule has 2 rings (SSSR count). The van der Waals surface area contributed by atoms with Crippen molar-refractivity contribution in [1.29, 1.82) is 0 Å². The van der Waals surface area contributed by atoms with Gasteiger partial charge in [0.25, 0.3) is 5.91 Å². The van der Waals surface area contributed by atoms with E-state index in [4.69, 9.17) is 4.74 Å². The second-order valence-corrected chi connectivity index (χ2v) is 7.32. The van der Waals surface area contributed by atoms with Gasteiger partial charge in [-0.3, -0.25) is 9.59 Å². The number of esters is 1. The zero-order valence-electron chi connectivity index (χ0n) is 15.7. The van der Waals surface area contributed by atoms with Gasteiger partial charge in [-0.25, -0.2) is 0 Å². The first kappa shape index (κ1) is 19.4. The van der Waals surface area contributed by atoms with Crippen LogP contribution in [0.25, 0.3) is 0 Å². The van der Waals surface area contributed by atoms with E-state index >= 15 is 0 Å². The summed E-state index contributed by atoms with van der Waals surface area (Å²) < 4.78 is 4.95. The summed E-state index contributed by atoms with van der Waals surface area (Å²) in [5.41, 5.74) is 1.48. The van der Waals surface area contributed by atoms with Crippen LogP contribution in [0.15, 0.2) is 30.3 Å². The van der Waals surface area contributed by atoms with Gasteiger partial charge in [0.15, 0.2) is 6.10 Å². The van der Waals surface area contributed by atoms with Crippen molar-refractivity contribution in [3.8, 4) is 0 Å². The number of nitrogens with zero attached hydrogens (tertiary/aromatic N) is 1. The van der Waals surface area contributed by atoms with Crippen LogP contribution in [0.5, 0.6) is 0 Å². The molecule has 1 aromatic rings. The Hall–Kier alpha value is -1.88. The molecular weight excluding hydrogens is 316 g/mol. The normalized spacial score (nSPS) is 24.6. The van der Waals surface area contributed by atoms with Gasteiger partial charge in [0.2, 0.25) is 0 Å². The summed E-state index contributed by atoms with van der Waals surface area (Å²) in [6.45, 7) is 2.93. The summed E-state index contributed by atoms with van der Waals surface area (Å²) in [7, 11) is 4.29. The van der Waals surface area contributed by atoms with Gasteiger partial charge in [-0.15, -0.1) is 0 Å².